The summed E-state index contributed by atoms with van der Waals surface area (Å²) in [6.45, 7) is 0.392. The highest BCUT2D eigenvalue weighted by molar-refractivity contribution is 5.94. The van der Waals surface area contributed by atoms with Crippen LogP contribution in [0.15, 0.2) is 84.9 Å². The number of carbonyl (C=O) groups excluding carboxylic acids is 1. The van der Waals surface area contributed by atoms with E-state index in [1.165, 1.54) is 16.8 Å². The van der Waals surface area contributed by atoms with Crippen LogP contribution in [0, 0.1) is 5.82 Å². The van der Waals surface area contributed by atoms with E-state index >= 15 is 0 Å². The van der Waals surface area contributed by atoms with E-state index < -0.39 is 0 Å². The average Bonchev–Trinajstić information content (AvgIpc) is 3.24. The standard InChI is InChI=1S/C24H20FN3O2/c1-30-21-9-5-8-18(14-21)22-15-23(24(29)26-16-17-6-3-2-4-7-17)28(27-22)20-12-10-19(25)11-13-20/h2-15H,16H2,1H3,(H,26,29). The van der Waals surface area contributed by atoms with E-state index in [1.807, 2.05) is 54.6 Å². The molecule has 30 heavy (non-hydrogen) atoms. The van der Waals surface area contributed by atoms with E-state index in [0.29, 0.717) is 29.4 Å². The molecule has 1 N–H and O–H groups in total. The third-order valence-electron chi connectivity index (χ3n) is 4.67. The maximum atomic E-state index is 13.4. The van der Waals surface area contributed by atoms with Crippen molar-refractivity contribution < 1.29 is 13.9 Å². The van der Waals surface area contributed by atoms with Crippen molar-refractivity contribution in [2.24, 2.45) is 0 Å². The largest absolute Gasteiger partial charge is 0.497 e. The molecule has 5 nitrogen and oxygen atoms in total. The maximum Gasteiger partial charge on any atom is 0.270 e. The second-order valence-corrected chi connectivity index (χ2v) is 6.70. The molecule has 0 aliphatic carbocycles. The summed E-state index contributed by atoms with van der Waals surface area (Å²) in [5, 5.41) is 7.54. The molecule has 4 aromatic rings. The van der Waals surface area contributed by atoms with Gasteiger partial charge >= 0.3 is 0 Å². The first-order valence-corrected chi connectivity index (χ1v) is 9.46. The van der Waals surface area contributed by atoms with Gasteiger partial charge in [-0.3, -0.25) is 4.79 Å². The Balaban J connectivity index is 1.70. The molecule has 0 spiro atoms. The zero-order chi connectivity index (χ0) is 20.9. The van der Waals surface area contributed by atoms with Crippen LogP contribution in [0.4, 0.5) is 4.39 Å². The van der Waals surface area contributed by atoms with Gasteiger partial charge in [0.1, 0.15) is 17.3 Å². The van der Waals surface area contributed by atoms with Crippen LogP contribution in [0.3, 0.4) is 0 Å². The Morgan fingerprint density at radius 3 is 2.50 bits per heavy atom. The number of aromatic nitrogens is 2. The predicted molar refractivity (Wildman–Crippen MR) is 113 cm³/mol. The first kappa shape index (κ1) is 19.4. The van der Waals surface area contributed by atoms with Crippen molar-refractivity contribution in [2.75, 3.05) is 7.11 Å². The molecule has 0 saturated heterocycles. The summed E-state index contributed by atoms with van der Waals surface area (Å²) in [5.74, 6) is 0.0674. The minimum absolute atomic E-state index is 0.273. The molecule has 0 unspecified atom stereocenters. The Bertz CT molecular complexity index is 1150. The molecule has 0 saturated carbocycles. The molecule has 6 heteroatoms. The zero-order valence-electron chi connectivity index (χ0n) is 16.4. The summed E-state index contributed by atoms with van der Waals surface area (Å²) in [5.41, 5.74) is 3.37. The van der Waals surface area contributed by atoms with E-state index in [-0.39, 0.29) is 11.7 Å². The highest BCUT2D eigenvalue weighted by atomic mass is 19.1. The second-order valence-electron chi connectivity index (χ2n) is 6.70. The van der Waals surface area contributed by atoms with Crippen molar-refractivity contribution in [3.8, 4) is 22.7 Å². The Morgan fingerprint density at radius 2 is 1.77 bits per heavy atom. The third-order valence-corrected chi connectivity index (χ3v) is 4.67. The van der Waals surface area contributed by atoms with Gasteiger partial charge in [-0.2, -0.15) is 5.10 Å². The fraction of sp³-hybridized carbons (Fsp3) is 0.0833. The quantitative estimate of drug-likeness (QED) is 0.513. The summed E-state index contributed by atoms with van der Waals surface area (Å²) < 4.78 is 20.2. The number of nitrogens with one attached hydrogen (secondary N) is 1. The number of ether oxygens (including phenoxy) is 1. The number of halogens is 1. The van der Waals surface area contributed by atoms with Crippen LogP contribution < -0.4 is 10.1 Å². The van der Waals surface area contributed by atoms with Gasteiger partial charge < -0.3 is 10.1 Å². The highest BCUT2D eigenvalue weighted by Crippen LogP contribution is 2.25. The van der Waals surface area contributed by atoms with Gasteiger partial charge in [-0.05, 0) is 48.0 Å². The van der Waals surface area contributed by atoms with Crippen molar-refractivity contribution in [3.63, 3.8) is 0 Å². The molecule has 4 rings (SSSR count). The van der Waals surface area contributed by atoms with Crippen molar-refractivity contribution in [1.29, 1.82) is 0 Å². The summed E-state index contributed by atoms with van der Waals surface area (Å²) in [7, 11) is 1.60. The lowest BCUT2D eigenvalue weighted by Crippen LogP contribution is -2.25. The number of amides is 1. The number of nitrogens with zero attached hydrogens (tertiary/aromatic N) is 2. The van der Waals surface area contributed by atoms with Crippen molar-refractivity contribution in [1.82, 2.24) is 15.1 Å². The fourth-order valence-electron chi connectivity index (χ4n) is 3.11. The number of hydrogen-bond donors (Lipinski definition) is 1. The molecule has 1 heterocycles. The molecular weight excluding hydrogens is 381 g/mol. The first-order chi connectivity index (χ1) is 14.6. The van der Waals surface area contributed by atoms with E-state index in [2.05, 4.69) is 10.4 Å². The first-order valence-electron chi connectivity index (χ1n) is 9.46. The van der Waals surface area contributed by atoms with Crippen molar-refractivity contribution >= 4 is 5.91 Å². The van der Waals surface area contributed by atoms with Gasteiger partial charge in [0.2, 0.25) is 0 Å². The molecule has 0 aliphatic heterocycles. The molecule has 0 bridgehead atoms. The SMILES string of the molecule is COc1cccc(-c2cc(C(=O)NCc3ccccc3)n(-c3ccc(F)cc3)n2)c1. The van der Waals surface area contributed by atoms with Gasteiger partial charge in [0.15, 0.2) is 0 Å². The topological polar surface area (TPSA) is 56.1 Å². The van der Waals surface area contributed by atoms with Crippen LogP contribution in [0.5, 0.6) is 5.75 Å². The number of hydrogen-bond acceptors (Lipinski definition) is 3. The van der Waals surface area contributed by atoms with Gasteiger partial charge in [-0.1, -0.05) is 42.5 Å². The molecule has 0 aliphatic rings. The van der Waals surface area contributed by atoms with E-state index in [9.17, 15) is 9.18 Å². The normalized spacial score (nSPS) is 10.6. The summed E-state index contributed by atoms with van der Waals surface area (Å²) >= 11 is 0. The average molecular weight is 401 g/mol. The Labute approximate surface area is 173 Å². The number of benzene rings is 3. The number of methoxy groups -OCH3 is 1. The Hall–Kier alpha value is -3.93. The molecule has 3 aromatic carbocycles. The molecule has 1 amide bonds. The van der Waals surface area contributed by atoms with Crippen LogP contribution in [0.2, 0.25) is 0 Å². The van der Waals surface area contributed by atoms with Gasteiger partial charge in [0, 0.05) is 12.1 Å². The molecule has 1 aromatic heterocycles. The van der Waals surface area contributed by atoms with Gasteiger partial charge in [0.25, 0.3) is 5.91 Å². The van der Waals surface area contributed by atoms with Gasteiger partial charge in [-0.25, -0.2) is 9.07 Å². The zero-order valence-corrected chi connectivity index (χ0v) is 16.4. The van der Waals surface area contributed by atoms with Crippen LogP contribution in [-0.2, 0) is 6.54 Å². The van der Waals surface area contributed by atoms with Crippen LogP contribution >= 0.6 is 0 Å². The minimum atomic E-state index is -0.353. The maximum absolute atomic E-state index is 13.4. The molecule has 0 radical (unpaired) electrons. The summed E-state index contributed by atoms with van der Waals surface area (Å²) in [6, 6.07) is 24.7. The lowest BCUT2D eigenvalue weighted by Gasteiger charge is -2.08. The number of carbonyl (C=O) groups is 1. The van der Waals surface area contributed by atoms with E-state index in [4.69, 9.17) is 4.74 Å². The molecule has 150 valence electrons. The van der Waals surface area contributed by atoms with E-state index in [0.717, 1.165) is 11.1 Å². The smallest absolute Gasteiger partial charge is 0.270 e. The minimum Gasteiger partial charge on any atom is -0.497 e. The Kier molecular flexibility index (Phi) is 5.57. The molecule has 0 atom stereocenters. The van der Waals surface area contributed by atoms with Crippen LogP contribution in [-0.4, -0.2) is 22.8 Å². The van der Waals surface area contributed by atoms with E-state index in [1.54, 1.807) is 25.3 Å². The molecular formula is C24H20FN3O2. The Morgan fingerprint density at radius 1 is 1.00 bits per heavy atom. The van der Waals surface area contributed by atoms with Crippen LogP contribution in [0.1, 0.15) is 16.1 Å². The molecule has 0 fully saturated rings. The summed E-state index contributed by atoms with van der Waals surface area (Å²) in [4.78, 5) is 13.0. The van der Waals surface area contributed by atoms with Crippen molar-refractivity contribution in [2.45, 2.75) is 6.54 Å². The van der Waals surface area contributed by atoms with Crippen molar-refractivity contribution in [3.05, 3.63) is 102 Å². The lowest BCUT2D eigenvalue weighted by atomic mass is 10.1. The lowest BCUT2D eigenvalue weighted by molar-refractivity contribution is 0.0943. The number of rotatable bonds is 6. The van der Waals surface area contributed by atoms with Gasteiger partial charge in [0.05, 0.1) is 18.5 Å². The second kappa shape index (κ2) is 8.61. The summed E-state index contributed by atoms with van der Waals surface area (Å²) in [6.07, 6.45) is 0. The predicted octanol–water partition coefficient (Wildman–Crippen LogP) is 4.62. The highest BCUT2D eigenvalue weighted by Gasteiger charge is 2.18. The van der Waals surface area contributed by atoms with Gasteiger partial charge in [-0.15, -0.1) is 0 Å². The third kappa shape index (κ3) is 4.22. The monoisotopic (exact) mass is 401 g/mol. The fourth-order valence-corrected chi connectivity index (χ4v) is 3.11. The van der Waals surface area contributed by atoms with Crippen LogP contribution in [0.25, 0.3) is 16.9 Å².